The second-order valence-electron chi connectivity index (χ2n) is 5.30. The maximum Gasteiger partial charge on any atom is 0.124 e. The van der Waals surface area contributed by atoms with Crippen molar-refractivity contribution >= 4 is 5.82 Å². The lowest BCUT2D eigenvalue weighted by Gasteiger charge is -2.04. The Balaban J connectivity index is 1.69. The molecule has 2 heterocycles. The number of hydrogen-bond donors (Lipinski definition) is 1. The summed E-state index contributed by atoms with van der Waals surface area (Å²) >= 11 is 0. The number of anilines is 1. The molecule has 2 aromatic heterocycles. The van der Waals surface area contributed by atoms with Gasteiger partial charge in [0.25, 0.3) is 0 Å². The second-order valence-corrected chi connectivity index (χ2v) is 5.30. The van der Waals surface area contributed by atoms with E-state index in [2.05, 4.69) is 41.6 Å². The molecule has 1 fully saturated rings. The minimum absolute atomic E-state index is 0.700. The Labute approximate surface area is 113 Å². The molecule has 1 saturated carbocycles. The minimum atomic E-state index is 0.700. The molecule has 1 aliphatic rings. The largest absolute Gasteiger partial charge is 0.366 e. The van der Waals surface area contributed by atoms with E-state index in [0.29, 0.717) is 5.92 Å². The Kier molecular flexibility index (Phi) is 3.05. The van der Waals surface area contributed by atoms with Gasteiger partial charge in [0.1, 0.15) is 5.82 Å². The summed E-state index contributed by atoms with van der Waals surface area (Å²) in [5.41, 5.74) is 3.57. The van der Waals surface area contributed by atoms with Gasteiger partial charge < -0.3 is 5.32 Å². The van der Waals surface area contributed by atoms with E-state index in [1.165, 1.54) is 24.1 Å². The van der Waals surface area contributed by atoms with Crippen molar-refractivity contribution in [2.24, 2.45) is 7.05 Å². The molecule has 5 heteroatoms. The molecule has 102 valence electrons. The maximum absolute atomic E-state index is 4.56. The lowest BCUT2D eigenvalue weighted by molar-refractivity contribution is 0.653. The molecule has 1 N–H and O–H groups in total. The van der Waals surface area contributed by atoms with E-state index in [1.807, 2.05) is 16.4 Å². The predicted molar refractivity (Wildman–Crippen MR) is 75.1 cm³/mol. The molecule has 0 bridgehead atoms. The number of aromatic nitrogens is 4. The summed E-state index contributed by atoms with van der Waals surface area (Å²) < 4.78 is 3.92. The first-order chi connectivity index (χ1) is 9.17. The summed E-state index contributed by atoms with van der Waals surface area (Å²) in [6, 6.07) is 2.18. The summed E-state index contributed by atoms with van der Waals surface area (Å²) in [6.45, 7) is 5.88. The van der Waals surface area contributed by atoms with Crippen LogP contribution in [0, 0.1) is 6.92 Å². The number of aryl methyl sites for hydroxylation is 3. The average molecular weight is 259 g/mol. The Morgan fingerprint density at radius 2 is 2.16 bits per heavy atom. The monoisotopic (exact) mass is 259 g/mol. The van der Waals surface area contributed by atoms with Crippen molar-refractivity contribution in [3.8, 4) is 0 Å². The molecule has 0 saturated heterocycles. The van der Waals surface area contributed by atoms with Crippen molar-refractivity contribution in [3.63, 3.8) is 0 Å². The van der Waals surface area contributed by atoms with E-state index in [9.17, 15) is 0 Å². The fourth-order valence-corrected chi connectivity index (χ4v) is 2.31. The van der Waals surface area contributed by atoms with Gasteiger partial charge in [0.2, 0.25) is 0 Å². The number of rotatable bonds is 5. The maximum atomic E-state index is 4.56. The molecule has 0 spiro atoms. The lowest BCUT2D eigenvalue weighted by Crippen LogP contribution is -2.04. The van der Waals surface area contributed by atoms with E-state index in [0.717, 1.165) is 24.6 Å². The highest BCUT2D eigenvalue weighted by Crippen LogP contribution is 2.39. The van der Waals surface area contributed by atoms with Gasteiger partial charge in [0, 0.05) is 43.9 Å². The second kappa shape index (κ2) is 4.72. The van der Waals surface area contributed by atoms with Crippen LogP contribution in [0.1, 0.15) is 42.6 Å². The standard InChI is InChI=1S/C14H21N5/c1-4-19-9-12(10(2)16-19)8-15-14-7-13(11-5-6-11)17-18(14)3/h7,9,11,15H,4-6,8H2,1-3H3. The van der Waals surface area contributed by atoms with Crippen LogP contribution in [0.5, 0.6) is 0 Å². The zero-order valence-electron chi connectivity index (χ0n) is 11.8. The van der Waals surface area contributed by atoms with Crippen molar-refractivity contribution in [2.75, 3.05) is 5.32 Å². The first-order valence-electron chi connectivity index (χ1n) is 6.98. The molecule has 5 nitrogen and oxygen atoms in total. The van der Waals surface area contributed by atoms with Crippen LogP contribution in [0.25, 0.3) is 0 Å². The molecule has 19 heavy (non-hydrogen) atoms. The summed E-state index contributed by atoms with van der Waals surface area (Å²) in [5.74, 6) is 1.79. The van der Waals surface area contributed by atoms with Crippen LogP contribution in [0.15, 0.2) is 12.3 Å². The molecule has 1 aliphatic carbocycles. The normalized spacial score (nSPS) is 14.9. The first-order valence-corrected chi connectivity index (χ1v) is 6.98. The van der Waals surface area contributed by atoms with Crippen molar-refractivity contribution < 1.29 is 0 Å². The van der Waals surface area contributed by atoms with Gasteiger partial charge in [-0.1, -0.05) is 0 Å². The SMILES string of the molecule is CCn1cc(CNc2cc(C3CC3)nn2C)c(C)n1. The fourth-order valence-electron chi connectivity index (χ4n) is 2.31. The molecule has 0 atom stereocenters. The molecule has 0 unspecified atom stereocenters. The van der Waals surface area contributed by atoms with Crippen molar-refractivity contribution in [3.05, 3.63) is 29.2 Å². The van der Waals surface area contributed by atoms with Gasteiger partial charge in [-0.05, 0) is 26.7 Å². The lowest BCUT2D eigenvalue weighted by atomic mass is 10.2. The van der Waals surface area contributed by atoms with Crippen LogP contribution < -0.4 is 5.32 Å². The van der Waals surface area contributed by atoms with Gasteiger partial charge in [0.15, 0.2) is 0 Å². The van der Waals surface area contributed by atoms with E-state index in [1.54, 1.807) is 0 Å². The van der Waals surface area contributed by atoms with Gasteiger partial charge in [-0.2, -0.15) is 10.2 Å². The summed E-state index contributed by atoms with van der Waals surface area (Å²) in [6.07, 6.45) is 4.69. The van der Waals surface area contributed by atoms with Gasteiger partial charge in [-0.15, -0.1) is 0 Å². The van der Waals surface area contributed by atoms with Crippen LogP contribution >= 0.6 is 0 Å². The van der Waals surface area contributed by atoms with Crippen molar-refractivity contribution in [1.82, 2.24) is 19.6 Å². The molecule has 0 aliphatic heterocycles. The fraction of sp³-hybridized carbons (Fsp3) is 0.571. The quantitative estimate of drug-likeness (QED) is 0.897. The van der Waals surface area contributed by atoms with E-state index in [4.69, 9.17) is 0 Å². The third kappa shape index (κ3) is 2.50. The zero-order chi connectivity index (χ0) is 13.4. The molecule has 0 amide bonds. The van der Waals surface area contributed by atoms with Crippen LogP contribution in [0.3, 0.4) is 0 Å². The van der Waals surface area contributed by atoms with Crippen LogP contribution in [0.4, 0.5) is 5.82 Å². The molecular formula is C14H21N5. The smallest absolute Gasteiger partial charge is 0.124 e. The highest BCUT2D eigenvalue weighted by Gasteiger charge is 2.26. The molecule has 0 aromatic carbocycles. The average Bonchev–Trinajstić information content (AvgIpc) is 3.09. The Hall–Kier alpha value is -1.78. The van der Waals surface area contributed by atoms with E-state index < -0.39 is 0 Å². The molecular weight excluding hydrogens is 238 g/mol. The third-order valence-electron chi connectivity index (χ3n) is 3.73. The molecule has 2 aromatic rings. The number of nitrogens with one attached hydrogen (secondary N) is 1. The molecule has 0 radical (unpaired) electrons. The predicted octanol–water partition coefficient (Wildman–Crippen LogP) is 2.43. The Morgan fingerprint density at radius 1 is 1.37 bits per heavy atom. The van der Waals surface area contributed by atoms with Crippen LogP contribution in [-0.4, -0.2) is 19.6 Å². The van der Waals surface area contributed by atoms with Gasteiger partial charge in [0.05, 0.1) is 11.4 Å². The Bertz CT molecular complexity index is 577. The summed E-state index contributed by atoms with van der Waals surface area (Å²) in [5, 5.41) is 12.5. The van der Waals surface area contributed by atoms with Gasteiger partial charge >= 0.3 is 0 Å². The van der Waals surface area contributed by atoms with Crippen molar-refractivity contribution in [2.45, 2.75) is 45.7 Å². The summed E-state index contributed by atoms with van der Waals surface area (Å²) in [4.78, 5) is 0. The first kappa shape index (κ1) is 12.3. The van der Waals surface area contributed by atoms with Gasteiger partial charge in [-0.25, -0.2) is 0 Å². The third-order valence-corrected chi connectivity index (χ3v) is 3.73. The zero-order valence-corrected chi connectivity index (χ0v) is 11.8. The van der Waals surface area contributed by atoms with Crippen LogP contribution in [0.2, 0.25) is 0 Å². The molecule has 3 rings (SSSR count). The van der Waals surface area contributed by atoms with E-state index in [-0.39, 0.29) is 0 Å². The van der Waals surface area contributed by atoms with Crippen molar-refractivity contribution in [1.29, 1.82) is 0 Å². The number of hydrogen-bond acceptors (Lipinski definition) is 3. The minimum Gasteiger partial charge on any atom is -0.366 e. The Morgan fingerprint density at radius 3 is 2.79 bits per heavy atom. The van der Waals surface area contributed by atoms with E-state index >= 15 is 0 Å². The van der Waals surface area contributed by atoms with Gasteiger partial charge in [-0.3, -0.25) is 9.36 Å². The summed E-state index contributed by atoms with van der Waals surface area (Å²) in [7, 11) is 2.00. The topological polar surface area (TPSA) is 47.7 Å². The highest BCUT2D eigenvalue weighted by molar-refractivity contribution is 5.40. The highest BCUT2D eigenvalue weighted by atomic mass is 15.3. The van der Waals surface area contributed by atoms with Crippen LogP contribution in [-0.2, 0) is 20.1 Å². The number of nitrogens with zero attached hydrogens (tertiary/aromatic N) is 4.